The number of hydrogen-bond acceptors (Lipinski definition) is 4. The lowest BCUT2D eigenvalue weighted by Crippen LogP contribution is -2.35. The number of methoxy groups -OCH3 is 1. The Hall–Kier alpha value is -1.26. The average Bonchev–Trinajstić information content (AvgIpc) is 2.34. The van der Waals surface area contributed by atoms with E-state index in [4.69, 9.17) is 14.2 Å². The van der Waals surface area contributed by atoms with Crippen LogP contribution in [-0.2, 0) is 11.3 Å². The Morgan fingerprint density at radius 2 is 1.89 bits per heavy atom. The largest absolute Gasteiger partial charge is 0.490 e. The Morgan fingerprint density at radius 1 is 1.16 bits per heavy atom. The lowest BCUT2D eigenvalue weighted by molar-refractivity contribution is 0.0478. The molecule has 0 aliphatic carbocycles. The van der Waals surface area contributed by atoms with Gasteiger partial charge in [-0.15, -0.1) is 0 Å². The fourth-order valence-electron chi connectivity index (χ4n) is 1.61. The molecule has 4 nitrogen and oxygen atoms in total. The van der Waals surface area contributed by atoms with Gasteiger partial charge in [0.1, 0.15) is 0 Å². The molecule has 0 atom stereocenters. The van der Waals surface area contributed by atoms with Crippen LogP contribution in [0.25, 0.3) is 0 Å². The van der Waals surface area contributed by atoms with E-state index in [-0.39, 0.29) is 12.3 Å². The van der Waals surface area contributed by atoms with Crippen molar-refractivity contribution in [3.8, 4) is 11.5 Å². The van der Waals surface area contributed by atoms with Gasteiger partial charge in [0.25, 0.3) is 0 Å². The van der Waals surface area contributed by atoms with Crippen LogP contribution in [0.2, 0.25) is 0 Å². The highest BCUT2D eigenvalue weighted by Crippen LogP contribution is 2.31. The summed E-state index contributed by atoms with van der Waals surface area (Å²) in [6, 6.07) is 5.92. The maximum Gasteiger partial charge on any atom is 0.188 e. The summed E-state index contributed by atoms with van der Waals surface area (Å²) >= 11 is 0. The van der Waals surface area contributed by atoms with Gasteiger partial charge < -0.3 is 19.5 Å². The third kappa shape index (κ3) is 5.49. The van der Waals surface area contributed by atoms with Gasteiger partial charge in [-0.2, -0.15) is 0 Å². The van der Waals surface area contributed by atoms with Crippen molar-refractivity contribution < 1.29 is 14.2 Å². The third-order valence-corrected chi connectivity index (χ3v) is 2.49. The monoisotopic (exact) mass is 267 g/mol. The van der Waals surface area contributed by atoms with E-state index in [9.17, 15) is 0 Å². The Kier molecular flexibility index (Phi) is 6.12. The summed E-state index contributed by atoms with van der Waals surface area (Å²) in [6.45, 7) is 9.91. The lowest BCUT2D eigenvalue weighted by Gasteiger charge is -2.22. The van der Waals surface area contributed by atoms with Gasteiger partial charge in [0, 0.05) is 24.8 Å². The summed E-state index contributed by atoms with van der Waals surface area (Å²) in [7, 11) is 1.61. The Balaban J connectivity index is 2.90. The minimum Gasteiger partial charge on any atom is -0.490 e. The predicted octanol–water partition coefficient (Wildman–Crippen LogP) is 2.96. The third-order valence-electron chi connectivity index (χ3n) is 2.49. The van der Waals surface area contributed by atoms with E-state index in [0.717, 1.165) is 23.6 Å². The summed E-state index contributed by atoms with van der Waals surface area (Å²) in [4.78, 5) is 0. The molecule has 0 heterocycles. The molecule has 0 aliphatic rings. The molecule has 0 saturated heterocycles. The van der Waals surface area contributed by atoms with Crippen LogP contribution in [0.1, 0.15) is 33.3 Å². The molecule has 1 rings (SSSR count). The van der Waals surface area contributed by atoms with E-state index < -0.39 is 0 Å². The fourth-order valence-corrected chi connectivity index (χ4v) is 1.61. The molecule has 0 bridgehead atoms. The van der Waals surface area contributed by atoms with Crippen LogP contribution < -0.4 is 14.8 Å². The molecule has 1 aromatic carbocycles. The van der Waals surface area contributed by atoms with Crippen molar-refractivity contribution >= 4 is 0 Å². The number of hydrogen-bond donors (Lipinski definition) is 1. The molecule has 1 aromatic rings. The topological polar surface area (TPSA) is 39.7 Å². The molecule has 1 N–H and O–H groups in total. The summed E-state index contributed by atoms with van der Waals surface area (Å²) in [5, 5.41) is 3.45. The first-order chi connectivity index (χ1) is 8.98. The molecule has 0 aromatic heterocycles. The molecule has 0 spiro atoms. The zero-order chi connectivity index (χ0) is 14.3. The molecule has 0 aliphatic heterocycles. The van der Waals surface area contributed by atoms with Crippen molar-refractivity contribution in [2.24, 2.45) is 0 Å². The highest BCUT2D eigenvalue weighted by molar-refractivity contribution is 5.46. The van der Waals surface area contributed by atoms with Crippen LogP contribution in [0.3, 0.4) is 0 Å². The van der Waals surface area contributed by atoms with Crippen LogP contribution in [-0.4, -0.2) is 26.0 Å². The first-order valence-electron chi connectivity index (χ1n) is 6.59. The van der Waals surface area contributed by atoms with E-state index in [1.165, 1.54) is 0 Å². The van der Waals surface area contributed by atoms with Crippen LogP contribution in [0.15, 0.2) is 18.2 Å². The Labute approximate surface area is 116 Å². The number of rotatable bonds is 7. The second kappa shape index (κ2) is 7.36. The van der Waals surface area contributed by atoms with Gasteiger partial charge >= 0.3 is 0 Å². The first-order valence-corrected chi connectivity index (χ1v) is 6.59. The van der Waals surface area contributed by atoms with Crippen molar-refractivity contribution in [3.05, 3.63) is 23.8 Å². The fraction of sp³-hybridized carbons (Fsp3) is 0.600. The van der Waals surface area contributed by atoms with Crippen molar-refractivity contribution in [2.75, 3.05) is 20.5 Å². The average molecular weight is 267 g/mol. The molecule has 0 unspecified atom stereocenters. The molecular weight excluding hydrogens is 242 g/mol. The Morgan fingerprint density at radius 3 is 2.47 bits per heavy atom. The van der Waals surface area contributed by atoms with Gasteiger partial charge in [0.15, 0.2) is 18.3 Å². The van der Waals surface area contributed by atoms with Crippen LogP contribution in [0, 0.1) is 0 Å². The van der Waals surface area contributed by atoms with Gasteiger partial charge in [-0.05, 0) is 33.8 Å². The predicted molar refractivity (Wildman–Crippen MR) is 76.7 cm³/mol. The molecule has 0 fully saturated rings. The summed E-state index contributed by atoms with van der Waals surface area (Å²) in [5.41, 5.74) is 1.12. The number of para-hydroxylation sites is 1. The van der Waals surface area contributed by atoms with E-state index in [0.29, 0.717) is 6.61 Å². The number of ether oxygens (including phenoxy) is 3. The molecule has 108 valence electrons. The first kappa shape index (κ1) is 15.8. The van der Waals surface area contributed by atoms with E-state index in [2.05, 4.69) is 26.1 Å². The standard InChI is InChI=1S/C15H25NO3/c1-6-18-13-9-7-8-12(10-16-15(2,3)4)14(13)19-11-17-5/h7-9,16H,6,10-11H2,1-5H3. The smallest absolute Gasteiger partial charge is 0.188 e. The highest BCUT2D eigenvalue weighted by Gasteiger charge is 2.14. The molecule has 4 heteroatoms. The van der Waals surface area contributed by atoms with E-state index >= 15 is 0 Å². The Bertz CT molecular complexity index is 385. The minimum absolute atomic E-state index is 0.0557. The summed E-state index contributed by atoms with van der Waals surface area (Å²) in [6.07, 6.45) is 0. The molecule has 0 amide bonds. The SMILES string of the molecule is CCOc1cccc(CNC(C)(C)C)c1OCOC. The summed E-state index contributed by atoms with van der Waals surface area (Å²) in [5.74, 6) is 1.51. The van der Waals surface area contributed by atoms with Gasteiger partial charge in [-0.3, -0.25) is 0 Å². The van der Waals surface area contributed by atoms with Gasteiger partial charge in [0.2, 0.25) is 0 Å². The quantitative estimate of drug-likeness (QED) is 0.771. The second-order valence-corrected chi connectivity index (χ2v) is 5.33. The van der Waals surface area contributed by atoms with Gasteiger partial charge in [0.05, 0.1) is 6.61 Å². The van der Waals surface area contributed by atoms with E-state index in [1.54, 1.807) is 7.11 Å². The van der Waals surface area contributed by atoms with Gasteiger partial charge in [-0.25, -0.2) is 0 Å². The zero-order valence-corrected chi connectivity index (χ0v) is 12.6. The molecule has 0 saturated carbocycles. The molecular formula is C15H25NO3. The van der Waals surface area contributed by atoms with Crippen molar-refractivity contribution in [2.45, 2.75) is 39.8 Å². The normalized spacial score (nSPS) is 11.4. The van der Waals surface area contributed by atoms with Crippen LogP contribution in [0.4, 0.5) is 0 Å². The minimum atomic E-state index is 0.0557. The maximum atomic E-state index is 5.65. The van der Waals surface area contributed by atoms with Crippen molar-refractivity contribution in [3.63, 3.8) is 0 Å². The van der Waals surface area contributed by atoms with E-state index in [1.807, 2.05) is 25.1 Å². The highest BCUT2D eigenvalue weighted by atomic mass is 16.7. The summed E-state index contributed by atoms with van der Waals surface area (Å²) < 4.78 is 16.2. The second-order valence-electron chi connectivity index (χ2n) is 5.33. The maximum absolute atomic E-state index is 5.65. The molecule has 19 heavy (non-hydrogen) atoms. The van der Waals surface area contributed by atoms with Gasteiger partial charge in [-0.1, -0.05) is 12.1 Å². The lowest BCUT2D eigenvalue weighted by atomic mass is 10.1. The van der Waals surface area contributed by atoms with Crippen molar-refractivity contribution in [1.82, 2.24) is 5.32 Å². The molecule has 0 radical (unpaired) electrons. The van der Waals surface area contributed by atoms with Crippen molar-refractivity contribution in [1.29, 1.82) is 0 Å². The number of nitrogens with one attached hydrogen (secondary N) is 1. The zero-order valence-electron chi connectivity index (χ0n) is 12.6. The van der Waals surface area contributed by atoms with Crippen LogP contribution >= 0.6 is 0 Å². The number of benzene rings is 1. The van der Waals surface area contributed by atoms with Crippen LogP contribution in [0.5, 0.6) is 11.5 Å².